The molecule has 0 spiro atoms. The van der Waals surface area contributed by atoms with Crippen LogP contribution in [-0.2, 0) is 19.8 Å². The zero-order chi connectivity index (χ0) is 38.2. The van der Waals surface area contributed by atoms with Crippen molar-refractivity contribution in [3.63, 3.8) is 0 Å². The first-order valence-electron chi connectivity index (χ1n) is 18.7. The van der Waals surface area contributed by atoms with Gasteiger partial charge in [-0.15, -0.1) is 0 Å². The van der Waals surface area contributed by atoms with Crippen LogP contribution in [0.15, 0.2) is 127 Å². The van der Waals surface area contributed by atoms with Crippen molar-refractivity contribution in [3.8, 4) is 22.6 Å². The Morgan fingerprint density at radius 3 is 1.87 bits per heavy atom. The zero-order valence-electron chi connectivity index (χ0n) is 31.2. The Kier molecular flexibility index (Phi) is 12.1. The smallest absolute Gasteiger partial charge is 0.410 e. The van der Waals surface area contributed by atoms with Crippen LogP contribution in [0.2, 0.25) is 0 Å². The Morgan fingerprint density at radius 1 is 0.745 bits per heavy atom. The molecule has 7 rings (SSSR count). The number of aliphatic hydroxyl groups is 2. The van der Waals surface area contributed by atoms with Crippen LogP contribution in [0.5, 0.6) is 11.5 Å². The second-order valence-corrected chi connectivity index (χ2v) is 13.8. The molecule has 55 heavy (non-hydrogen) atoms. The van der Waals surface area contributed by atoms with E-state index in [9.17, 15) is 15.0 Å². The summed E-state index contributed by atoms with van der Waals surface area (Å²) in [6.07, 6.45) is -2.19. The molecule has 286 valence electrons. The third-order valence-electron chi connectivity index (χ3n) is 10.6. The second-order valence-electron chi connectivity index (χ2n) is 13.8. The van der Waals surface area contributed by atoms with Gasteiger partial charge in [-0.3, -0.25) is 10.2 Å². The number of aliphatic hydroxyl groups excluding tert-OH is 2. The standard InChI is InChI=1S/C45H48N2O8/c1-51-35-20-16-32(17-21-35)45(31-10-4-3-5-11-31,33-18-22-36(52-2)23-19-33)55-27-26-53-25-24-46-43(49)42-28-34(48)29-47(42)44(50)54-30-41-39-14-8-6-12-37(39)38-13-7-9-15-40(38)41/h3-23,34,41-43,46,48-49H,24-30H2,1-2H3/t34-,42+,43?/m1/s1. The minimum Gasteiger partial charge on any atom is -0.497 e. The Balaban J connectivity index is 0.941. The number of likely N-dealkylation sites (tertiary alicyclic amines) is 1. The number of carbonyl (C=O) groups excluding carboxylic acids is 1. The van der Waals surface area contributed by atoms with E-state index in [4.69, 9.17) is 23.7 Å². The lowest BCUT2D eigenvalue weighted by Gasteiger charge is -2.36. The maximum atomic E-state index is 13.4. The normalized spacial score (nSPS) is 17.1. The predicted molar refractivity (Wildman–Crippen MR) is 209 cm³/mol. The van der Waals surface area contributed by atoms with Crippen LogP contribution in [0.1, 0.15) is 40.2 Å². The first-order chi connectivity index (χ1) is 26.9. The van der Waals surface area contributed by atoms with Crippen LogP contribution in [-0.4, -0.2) is 93.3 Å². The van der Waals surface area contributed by atoms with Crippen molar-refractivity contribution in [3.05, 3.63) is 155 Å². The van der Waals surface area contributed by atoms with Gasteiger partial charge in [-0.1, -0.05) is 103 Å². The minimum atomic E-state index is -1.09. The third-order valence-corrected chi connectivity index (χ3v) is 10.6. The van der Waals surface area contributed by atoms with Gasteiger partial charge in [-0.05, 0) is 69.6 Å². The highest BCUT2D eigenvalue weighted by atomic mass is 16.6. The van der Waals surface area contributed by atoms with Crippen molar-refractivity contribution in [1.29, 1.82) is 0 Å². The van der Waals surface area contributed by atoms with Crippen LogP contribution >= 0.6 is 0 Å². The van der Waals surface area contributed by atoms with Crippen molar-refractivity contribution in [2.24, 2.45) is 0 Å². The van der Waals surface area contributed by atoms with Crippen molar-refractivity contribution in [1.82, 2.24) is 10.2 Å². The molecule has 2 aliphatic rings. The number of fused-ring (bicyclic) bond motifs is 3. The van der Waals surface area contributed by atoms with Gasteiger partial charge in [-0.25, -0.2) is 4.79 Å². The van der Waals surface area contributed by atoms with Gasteiger partial charge in [0.1, 0.15) is 29.9 Å². The van der Waals surface area contributed by atoms with Crippen molar-refractivity contribution >= 4 is 6.09 Å². The van der Waals surface area contributed by atoms with Crippen LogP contribution in [0, 0.1) is 0 Å². The monoisotopic (exact) mass is 744 g/mol. The Morgan fingerprint density at radius 2 is 1.29 bits per heavy atom. The van der Waals surface area contributed by atoms with E-state index < -0.39 is 30.1 Å². The molecule has 1 aliphatic heterocycles. The van der Waals surface area contributed by atoms with Gasteiger partial charge in [0.05, 0.1) is 52.7 Å². The maximum absolute atomic E-state index is 13.4. The molecule has 5 aromatic rings. The molecule has 3 atom stereocenters. The van der Waals surface area contributed by atoms with E-state index in [0.29, 0.717) is 6.54 Å². The molecule has 1 amide bonds. The molecule has 0 bridgehead atoms. The molecule has 1 unspecified atom stereocenters. The van der Waals surface area contributed by atoms with E-state index >= 15 is 0 Å². The summed E-state index contributed by atoms with van der Waals surface area (Å²) in [6, 6.07) is 41.4. The van der Waals surface area contributed by atoms with Gasteiger partial charge in [0.15, 0.2) is 0 Å². The Hall–Kier alpha value is -5.23. The number of nitrogens with zero attached hydrogens (tertiary/aromatic N) is 1. The number of methoxy groups -OCH3 is 2. The number of nitrogens with one attached hydrogen (secondary N) is 1. The van der Waals surface area contributed by atoms with Crippen molar-refractivity contribution < 1.29 is 38.7 Å². The number of rotatable bonds is 16. The number of hydrogen-bond acceptors (Lipinski definition) is 9. The maximum Gasteiger partial charge on any atom is 0.410 e. The molecule has 1 aliphatic carbocycles. The third kappa shape index (κ3) is 8.10. The molecule has 5 aromatic carbocycles. The molecule has 0 saturated carbocycles. The van der Waals surface area contributed by atoms with Gasteiger partial charge in [0.2, 0.25) is 0 Å². The summed E-state index contributed by atoms with van der Waals surface area (Å²) < 4.78 is 29.6. The first-order valence-corrected chi connectivity index (χ1v) is 18.7. The second kappa shape index (κ2) is 17.5. The summed E-state index contributed by atoms with van der Waals surface area (Å²) in [5.41, 5.74) is 6.38. The van der Waals surface area contributed by atoms with Gasteiger partial charge in [0.25, 0.3) is 0 Å². The summed E-state index contributed by atoms with van der Waals surface area (Å²) in [5.74, 6) is 1.40. The Labute approximate surface area is 322 Å². The van der Waals surface area contributed by atoms with Gasteiger partial charge >= 0.3 is 6.09 Å². The largest absolute Gasteiger partial charge is 0.497 e. The fourth-order valence-electron chi connectivity index (χ4n) is 7.87. The summed E-state index contributed by atoms with van der Waals surface area (Å²) in [5, 5.41) is 24.7. The van der Waals surface area contributed by atoms with Crippen molar-refractivity contribution in [2.45, 2.75) is 36.3 Å². The lowest BCUT2D eigenvalue weighted by Crippen LogP contribution is -2.50. The number of benzene rings is 5. The fourth-order valence-corrected chi connectivity index (χ4v) is 7.87. The quantitative estimate of drug-likeness (QED) is 0.0606. The van der Waals surface area contributed by atoms with Crippen LogP contribution in [0.4, 0.5) is 4.79 Å². The molecular formula is C45H48N2O8. The van der Waals surface area contributed by atoms with Crippen LogP contribution in [0.25, 0.3) is 11.1 Å². The van der Waals surface area contributed by atoms with Crippen molar-refractivity contribution in [2.75, 3.05) is 53.7 Å². The van der Waals surface area contributed by atoms with Gasteiger partial charge in [-0.2, -0.15) is 0 Å². The van der Waals surface area contributed by atoms with E-state index in [1.807, 2.05) is 103 Å². The SMILES string of the molecule is COc1ccc(C(OCCOCCNC(O)[C@@H]2C[C@@H](O)CN2C(=O)OCC2c3ccccc3-c3ccccc32)(c2ccccc2)c2ccc(OC)cc2)cc1. The number of β-amino-alcohol motifs (C(OH)–C–C–N with tert-alkyl or cyclic N) is 1. The topological polar surface area (TPSA) is 119 Å². The summed E-state index contributed by atoms with van der Waals surface area (Å²) >= 11 is 0. The van der Waals surface area contributed by atoms with Crippen LogP contribution < -0.4 is 14.8 Å². The van der Waals surface area contributed by atoms with E-state index in [1.165, 1.54) is 4.90 Å². The average Bonchev–Trinajstić information content (AvgIpc) is 3.79. The highest BCUT2D eigenvalue weighted by molar-refractivity contribution is 5.79. The molecule has 3 N–H and O–H groups in total. The summed E-state index contributed by atoms with van der Waals surface area (Å²) in [4.78, 5) is 14.8. The highest BCUT2D eigenvalue weighted by Gasteiger charge is 2.41. The molecule has 1 saturated heterocycles. The lowest BCUT2D eigenvalue weighted by atomic mass is 9.80. The number of ether oxygens (including phenoxy) is 5. The zero-order valence-corrected chi connectivity index (χ0v) is 31.2. The van der Waals surface area contributed by atoms with E-state index in [0.717, 1.165) is 50.4 Å². The van der Waals surface area contributed by atoms with Gasteiger partial charge < -0.3 is 33.9 Å². The predicted octanol–water partition coefficient (Wildman–Crippen LogP) is 6.32. The molecule has 0 radical (unpaired) electrons. The number of amides is 1. The van der Waals surface area contributed by atoms with E-state index in [1.54, 1.807) is 14.2 Å². The Bertz CT molecular complexity index is 1910. The average molecular weight is 745 g/mol. The summed E-state index contributed by atoms with van der Waals surface area (Å²) in [7, 11) is 3.28. The molecule has 10 nitrogen and oxygen atoms in total. The molecule has 1 heterocycles. The van der Waals surface area contributed by atoms with Gasteiger partial charge in [0, 0.05) is 12.5 Å². The molecule has 0 aromatic heterocycles. The first kappa shape index (κ1) is 38.1. The number of carbonyl (C=O) groups is 1. The lowest BCUT2D eigenvalue weighted by molar-refractivity contribution is -0.0257. The minimum absolute atomic E-state index is 0.0828. The molecule has 10 heteroatoms. The molecular weight excluding hydrogens is 697 g/mol. The molecule has 1 fully saturated rings. The fraction of sp³-hybridized carbons (Fsp3) is 0.311. The summed E-state index contributed by atoms with van der Waals surface area (Å²) in [6.45, 7) is 1.39. The highest BCUT2D eigenvalue weighted by Crippen LogP contribution is 2.45. The number of hydrogen-bond donors (Lipinski definition) is 3. The van der Waals surface area contributed by atoms with E-state index in [2.05, 4.69) is 29.6 Å². The van der Waals surface area contributed by atoms with Crippen LogP contribution in [0.3, 0.4) is 0 Å². The van der Waals surface area contributed by atoms with E-state index in [-0.39, 0.29) is 45.3 Å².